The molecule has 0 rings (SSSR count). The van der Waals surface area contributed by atoms with Gasteiger partial charge in [-0.3, -0.25) is 0 Å². The van der Waals surface area contributed by atoms with Gasteiger partial charge >= 0.3 is 0 Å². The van der Waals surface area contributed by atoms with Crippen molar-refractivity contribution in [1.82, 2.24) is 16.0 Å². The van der Waals surface area contributed by atoms with Crippen molar-refractivity contribution >= 4 is 0 Å². The minimum atomic E-state index is 0.931. The average molecular weight is 225 g/mol. The van der Waals surface area contributed by atoms with Gasteiger partial charge in [0.25, 0.3) is 0 Å². The van der Waals surface area contributed by atoms with Crippen LogP contribution in [-0.2, 0) is 0 Å². The van der Waals surface area contributed by atoms with Gasteiger partial charge in [0.05, 0.1) is 0 Å². The van der Waals surface area contributed by atoms with Crippen molar-refractivity contribution in [2.45, 2.75) is 27.7 Å². The summed E-state index contributed by atoms with van der Waals surface area (Å²) in [5, 5.41) is 10.1. The summed E-state index contributed by atoms with van der Waals surface area (Å²) in [4.78, 5) is 0. The Bertz CT molecular complexity index is 219. The monoisotopic (exact) mass is 225 g/mol. The van der Waals surface area contributed by atoms with Gasteiger partial charge in [0.1, 0.15) is 0 Å². The van der Waals surface area contributed by atoms with Crippen LogP contribution in [0.2, 0.25) is 0 Å². The predicted octanol–water partition coefficient (Wildman–Crippen LogP) is 1.65. The second-order valence-corrected chi connectivity index (χ2v) is 3.80. The van der Waals surface area contributed by atoms with Crippen LogP contribution in [-0.4, -0.2) is 32.7 Å². The molecule has 0 fully saturated rings. The average Bonchev–Trinajstić information content (AvgIpc) is 2.32. The first-order valence-electron chi connectivity index (χ1n) is 6.16. The van der Waals surface area contributed by atoms with Crippen molar-refractivity contribution in [3.63, 3.8) is 0 Å². The molecule has 0 bridgehead atoms. The van der Waals surface area contributed by atoms with E-state index in [1.54, 1.807) is 0 Å². The molecule has 0 unspecified atom stereocenters. The zero-order chi connectivity index (χ0) is 12.2. The molecule has 0 atom stereocenters. The van der Waals surface area contributed by atoms with E-state index in [1.807, 2.05) is 6.92 Å². The lowest BCUT2D eigenvalue weighted by molar-refractivity contribution is 0.639. The minimum Gasteiger partial charge on any atom is -0.385 e. The summed E-state index contributed by atoms with van der Waals surface area (Å²) in [5.41, 5.74) is 2.63. The molecule has 0 aliphatic heterocycles. The molecule has 0 spiro atoms. The topological polar surface area (TPSA) is 36.1 Å². The quantitative estimate of drug-likeness (QED) is 0.412. The molecule has 0 aliphatic rings. The van der Waals surface area contributed by atoms with E-state index in [0.29, 0.717) is 0 Å². The van der Waals surface area contributed by atoms with Crippen LogP contribution in [0.25, 0.3) is 0 Å². The summed E-state index contributed by atoms with van der Waals surface area (Å²) in [7, 11) is 0. The maximum absolute atomic E-state index is 3.42. The van der Waals surface area contributed by atoms with Crippen LogP contribution in [0.15, 0.2) is 23.4 Å². The van der Waals surface area contributed by atoms with Crippen LogP contribution in [0.3, 0.4) is 0 Å². The second kappa shape index (κ2) is 10.7. The summed E-state index contributed by atoms with van der Waals surface area (Å²) in [6, 6.07) is 0. The van der Waals surface area contributed by atoms with Crippen molar-refractivity contribution in [3.8, 4) is 0 Å². The second-order valence-electron chi connectivity index (χ2n) is 3.80. The highest BCUT2D eigenvalue weighted by Crippen LogP contribution is 1.93. The molecule has 0 aliphatic carbocycles. The smallest absolute Gasteiger partial charge is 0.0369 e. The van der Waals surface area contributed by atoms with E-state index in [-0.39, 0.29) is 0 Å². The summed E-state index contributed by atoms with van der Waals surface area (Å²) in [5.74, 6) is 0. The maximum Gasteiger partial charge on any atom is 0.0369 e. The number of nitrogens with one attached hydrogen (secondary N) is 3. The van der Waals surface area contributed by atoms with Crippen LogP contribution < -0.4 is 16.0 Å². The molecular formula is C13H27N3. The van der Waals surface area contributed by atoms with Gasteiger partial charge in [-0.05, 0) is 32.9 Å². The van der Waals surface area contributed by atoms with E-state index in [2.05, 4.69) is 48.9 Å². The first-order valence-corrected chi connectivity index (χ1v) is 6.16. The molecule has 0 amide bonds. The standard InChI is InChI=1S/C13H27N3/c1-5-12(4)16-11-13(6-2)10-15-9-8-14-7-3/h5-6,14-16H,7-11H2,1-4H3/b12-5-,13-6-. The fourth-order valence-electron chi connectivity index (χ4n) is 1.22. The highest BCUT2D eigenvalue weighted by atomic mass is 14.9. The Kier molecular flexibility index (Phi) is 10.2. The Hall–Kier alpha value is -0.800. The van der Waals surface area contributed by atoms with Gasteiger partial charge in [-0.1, -0.05) is 19.1 Å². The molecule has 3 heteroatoms. The lowest BCUT2D eigenvalue weighted by atomic mass is 10.2. The Morgan fingerprint density at radius 2 is 1.69 bits per heavy atom. The third kappa shape index (κ3) is 8.50. The highest BCUT2D eigenvalue weighted by molar-refractivity contribution is 5.08. The van der Waals surface area contributed by atoms with Crippen molar-refractivity contribution in [1.29, 1.82) is 0 Å². The first kappa shape index (κ1) is 15.2. The predicted molar refractivity (Wildman–Crippen MR) is 72.6 cm³/mol. The van der Waals surface area contributed by atoms with Gasteiger partial charge in [0, 0.05) is 31.9 Å². The van der Waals surface area contributed by atoms with Gasteiger partial charge in [-0.15, -0.1) is 0 Å². The molecule has 0 aromatic heterocycles. The van der Waals surface area contributed by atoms with Crippen molar-refractivity contribution in [2.24, 2.45) is 0 Å². The van der Waals surface area contributed by atoms with E-state index in [0.717, 1.165) is 32.7 Å². The molecule has 16 heavy (non-hydrogen) atoms. The molecule has 0 saturated carbocycles. The first-order chi connectivity index (χ1) is 7.74. The van der Waals surface area contributed by atoms with Crippen molar-refractivity contribution in [2.75, 3.05) is 32.7 Å². The van der Waals surface area contributed by atoms with Crippen molar-refractivity contribution < 1.29 is 0 Å². The normalized spacial score (nSPS) is 13.0. The molecule has 0 aromatic rings. The van der Waals surface area contributed by atoms with Gasteiger partial charge < -0.3 is 16.0 Å². The van der Waals surface area contributed by atoms with Crippen LogP contribution in [0, 0.1) is 0 Å². The number of rotatable bonds is 9. The molecule has 0 radical (unpaired) electrons. The molecule has 3 nitrogen and oxygen atoms in total. The Labute approximate surface area is 100 Å². The zero-order valence-electron chi connectivity index (χ0n) is 11.2. The third-order valence-corrected chi connectivity index (χ3v) is 2.52. The molecule has 94 valence electrons. The summed E-state index contributed by atoms with van der Waals surface area (Å²) in [6.07, 6.45) is 4.27. The molecule has 3 N–H and O–H groups in total. The van der Waals surface area contributed by atoms with Gasteiger partial charge in [-0.2, -0.15) is 0 Å². The molecule has 0 aromatic carbocycles. The number of hydrogen-bond donors (Lipinski definition) is 3. The summed E-state index contributed by atoms with van der Waals surface area (Å²) >= 11 is 0. The van der Waals surface area contributed by atoms with Crippen LogP contribution in [0.4, 0.5) is 0 Å². The number of allylic oxidation sites excluding steroid dienone is 3. The Morgan fingerprint density at radius 3 is 2.25 bits per heavy atom. The lowest BCUT2D eigenvalue weighted by Gasteiger charge is -2.11. The Balaban J connectivity index is 3.61. The summed E-state index contributed by atoms with van der Waals surface area (Å²) in [6.45, 7) is 13.4. The van der Waals surface area contributed by atoms with Crippen molar-refractivity contribution in [3.05, 3.63) is 23.4 Å². The lowest BCUT2D eigenvalue weighted by Crippen LogP contribution is -2.30. The molecular weight excluding hydrogens is 198 g/mol. The minimum absolute atomic E-state index is 0.931. The van der Waals surface area contributed by atoms with E-state index in [1.165, 1.54) is 11.3 Å². The maximum atomic E-state index is 3.42. The van der Waals surface area contributed by atoms with Gasteiger partial charge in [0.2, 0.25) is 0 Å². The van der Waals surface area contributed by atoms with Crippen LogP contribution in [0.5, 0.6) is 0 Å². The zero-order valence-corrected chi connectivity index (χ0v) is 11.2. The molecule has 0 saturated heterocycles. The van der Waals surface area contributed by atoms with E-state index < -0.39 is 0 Å². The highest BCUT2D eigenvalue weighted by Gasteiger charge is 1.95. The van der Waals surface area contributed by atoms with Crippen LogP contribution >= 0.6 is 0 Å². The summed E-state index contributed by atoms with van der Waals surface area (Å²) < 4.78 is 0. The third-order valence-electron chi connectivity index (χ3n) is 2.52. The van der Waals surface area contributed by atoms with E-state index in [9.17, 15) is 0 Å². The Morgan fingerprint density at radius 1 is 1.00 bits per heavy atom. The van der Waals surface area contributed by atoms with E-state index >= 15 is 0 Å². The van der Waals surface area contributed by atoms with Gasteiger partial charge in [0.15, 0.2) is 0 Å². The SMILES string of the molecule is C/C=C(/CNCCNCC)CN/C(C)=C\C. The fraction of sp³-hybridized carbons (Fsp3) is 0.692. The van der Waals surface area contributed by atoms with Crippen LogP contribution in [0.1, 0.15) is 27.7 Å². The number of hydrogen-bond acceptors (Lipinski definition) is 3. The van der Waals surface area contributed by atoms with Gasteiger partial charge in [-0.25, -0.2) is 0 Å². The largest absolute Gasteiger partial charge is 0.385 e. The fourth-order valence-corrected chi connectivity index (χ4v) is 1.22. The number of likely N-dealkylation sites (N-methyl/N-ethyl adjacent to an activating group) is 1. The van der Waals surface area contributed by atoms with E-state index in [4.69, 9.17) is 0 Å². The molecule has 0 heterocycles.